The quantitative estimate of drug-likeness (QED) is 0.843. The van der Waals surface area contributed by atoms with Crippen LogP contribution in [0.1, 0.15) is 28.8 Å². The number of carbonyl (C=O) groups is 1. The monoisotopic (exact) mass is 261 g/mol. The molecular weight excluding hydrogens is 242 g/mol. The normalized spacial score (nSPS) is 22.0. The molecule has 1 N–H and O–H groups in total. The van der Waals surface area contributed by atoms with Crippen molar-refractivity contribution in [3.8, 4) is 11.5 Å². The first kappa shape index (κ1) is 12.5. The molecule has 0 bridgehead atoms. The van der Waals surface area contributed by atoms with Crippen molar-refractivity contribution in [1.82, 2.24) is 5.32 Å². The summed E-state index contributed by atoms with van der Waals surface area (Å²) < 4.78 is 11.3. The van der Waals surface area contributed by atoms with Gasteiger partial charge in [-0.15, -0.1) is 0 Å². The highest BCUT2D eigenvalue weighted by molar-refractivity contribution is 5.82. The first-order chi connectivity index (χ1) is 9.38. The Labute approximate surface area is 113 Å². The highest BCUT2D eigenvalue weighted by Gasteiger charge is 2.22. The molecule has 1 aromatic rings. The van der Waals surface area contributed by atoms with Crippen molar-refractivity contribution in [3.05, 3.63) is 23.3 Å². The molecule has 0 amide bonds. The largest absolute Gasteiger partial charge is 0.486 e. The molecular formula is C15H19NO3. The summed E-state index contributed by atoms with van der Waals surface area (Å²) in [6.07, 6.45) is 4.30. The lowest BCUT2D eigenvalue weighted by Crippen LogP contribution is -2.31. The molecule has 4 nitrogen and oxygen atoms in total. The standard InChI is InChI=1S/C15H19NO3/c17-10-13-4-3-12(8-11-2-1-5-16-9-11)14-15(13)19-7-6-18-14/h3-4,10-11,16H,1-2,5-9H2. The third-order valence-electron chi connectivity index (χ3n) is 3.83. The van der Waals surface area contributed by atoms with E-state index in [4.69, 9.17) is 9.47 Å². The topological polar surface area (TPSA) is 47.6 Å². The van der Waals surface area contributed by atoms with Gasteiger partial charge >= 0.3 is 0 Å². The lowest BCUT2D eigenvalue weighted by molar-refractivity contribution is 0.111. The van der Waals surface area contributed by atoms with Gasteiger partial charge in [0, 0.05) is 0 Å². The van der Waals surface area contributed by atoms with Crippen molar-refractivity contribution in [2.45, 2.75) is 19.3 Å². The van der Waals surface area contributed by atoms with E-state index in [1.54, 1.807) is 0 Å². The molecule has 1 unspecified atom stereocenters. The SMILES string of the molecule is O=Cc1ccc(CC2CCCNC2)c2c1OCCO2. The summed E-state index contributed by atoms with van der Waals surface area (Å²) in [6.45, 7) is 3.26. The van der Waals surface area contributed by atoms with Gasteiger partial charge < -0.3 is 14.8 Å². The van der Waals surface area contributed by atoms with Crippen LogP contribution in [0.3, 0.4) is 0 Å². The average Bonchev–Trinajstić information content (AvgIpc) is 2.49. The molecule has 0 aliphatic carbocycles. The molecule has 0 spiro atoms. The van der Waals surface area contributed by atoms with Gasteiger partial charge in [0.2, 0.25) is 0 Å². The Kier molecular flexibility index (Phi) is 3.69. The number of aldehydes is 1. The van der Waals surface area contributed by atoms with Crippen LogP contribution < -0.4 is 14.8 Å². The molecule has 0 saturated carbocycles. The van der Waals surface area contributed by atoms with Crippen molar-refractivity contribution in [2.75, 3.05) is 26.3 Å². The van der Waals surface area contributed by atoms with Crippen molar-refractivity contribution in [1.29, 1.82) is 0 Å². The molecule has 2 heterocycles. The maximum Gasteiger partial charge on any atom is 0.172 e. The van der Waals surface area contributed by atoms with Crippen LogP contribution in [0, 0.1) is 5.92 Å². The molecule has 1 atom stereocenters. The zero-order valence-corrected chi connectivity index (χ0v) is 11.0. The fraction of sp³-hybridized carbons (Fsp3) is 0.533. The second-order valence-electron chi connectivity index (χ2n) is 5.20. The van der Waals surface area contributed by atoms with Crippen LogP contribution in [0.4, 0.5) is 0 Å². The average molecular weight is 261 g/mol. The van der Waals surface area contributed by atoms with Gasteiger partial charge in [-0.3, -0.25) is 4.79 Å². The van der Waals surface area contributed by atoms with E-state index in [-0.39, 0.29) is 0 Å². The molecule has 2 aliphatic heterocycles. The van der Waals surface area contributed by atoms with Crippen LogP contribution in [-0.2, 0) is 6.42 Å². The maximum absolute atomic E-state index is 11.0. The summed E-state index contributed by atoms with van der Waals surface area (Å²) in [5.74, 6) is 2.05. The highest BCUT2D eigenvalue weighted by Crippen LogP contribution is 2.38. The van der Waals surface area contributed by atoms with Crippen LogP contribution in [0.15, 0.2) is 12.1 Å². The van der Waals surface area contributed by atoms with E-state index >= 15 is 0 Å². The molecule has 102 valence electrons. The van der Waals surface area contributed by atoms with Crippen molar-refractivity contribution < 1.29 is 14.3 Å². The molecule has 2 aliphatic rings. The van der Waals surface area contributed by atoms with Gasteiger partial charge in [-0.2, -0.15) is 0 Å². The summed E-state index contributed by atoms with van der Waals surface area (Å²) in [5.41, 5.74) is 1.74. The second kappa shape index (κ2) is 5.61. The van der Waals surface area contributed by atoms with E-state index < -0.39 is 0 Å². The lowest BCUT2D eigenvalue weighted by atomic mass is 9.91. The van der Waals surface area contributed by atoms with E-state index in [1.807, 2.05) is 12.1 Å². The van der Waals surface area contributed by atoms with Gasteiger partial charge in [0.05, 0.1) is 5.56 Å². The van der Waals surface area contributed by atoms with Crippen LogP contribution >= 0.6 is 0 Å². The number of benzene rings is 1. The Morgan fingerprint density at radius 1 is 1.26 bits per heavy atom. The lowest BCUT2D eigenvalue weighted by Gasteiger charge is -2.26. The Morgan fingerprint density at radius 2 is 2.11 bits per heavy atom. The predicted octanol–water partition coefficient (Wildman–Crippen LogP) is 1.81. The van der Waals surface area contributed by atoms with Crippen LogP contribution in [0.5, 0.6) is 11.5 Å². The van der Waals surface area contributed by atoms with Gasteiger partial charge in [0.1, 0.15) is 13.2 Å². The molecule has 1 fully saturated rings. The maximum atomic E-state index is 11.0. The van der Waals surface area contributed by atoms with Gasteiger partial charge in [0.25, 0.3) is 0 Å². The number of rotatable bonds is 3. The first-order valence-electron chi connectivity index (χ1n) is 6.96. The van der Waals surface area contributed by atoms with Gasteiger partial charge in [-0.05, 0) is 49.9 Å². The van der Waals surface area contributed by atoms with Gasteiger partial charge in [0.15, 0.2) is 17.8 Å². The molecule has 19 heavy (non-hydrogen) atoms. The minimum Gasteiger partial charge on any atom is -0.486 e. The summed E-state index contributed by atoms with van der Waals surface area (Å²) >= 11 is 0. The minimum absolute atomic E-state index is 0.516. The molecule has 1 aromatic carbocycles. The molecule has 3 rings (SSSR count). The molecule has 0 aromatic heterocycles. The number of fused-ring (bicyclic) bond motifs is 1. The number of carbonyl (C=O) groups excluding carboxylic acids is 1. The fourth-order valence-electron chi connectivity index (χ4n) is 2.88. The highest BCUT2D eigenvalue weighted by atomic mass is 16.6. The number of nitrogens with one attached hydrogen (secondary N) is 1. The number of piperidine rings is 1. The summed E-state index contributed by atoms with van der Waals surface area (Å²) in [5, 5.41) is 3.43. The number of ether oxygens (including phenoxy) is 2. The number of hydrogen-bond acceptors (Lipinski definition) is 4. The number of hydrogen-bond donors (Lipinski definition) is 1. The van der Waals surface area contributed by atoms with Gasteiger partial charge in [-0.1, -0.05) is 6.07 Å². The molecule has 4 heteroatoms. The third kappa shape index (κ3) is 2.59. The third-order valence-corrected chi connectivity index (χ3v) is 3.83. The van der Waals surface area contributed by atoms with E-state index in [1.165, 1.54) is 12.8 Å². The zero-order chi connectivity index (χ0) is 13.1. The predicted molar refractivity (Wildman–Crippen MR) is 72.1 cm³/mol. The van der Waals surface area contributed by atoms with E-state index in [2.05, 4.69) is 5.32 Å². The summed E-state index contributed by atoms with van der Waals surface area (Å²) in [4.78, 5) is 11.0. The fourth-order valence-corrected chi connectivity index (χ4v) is 2.88. The Hall–Kier alpha value is -1.55. The van der Waals surface area contributed by atoms with Crippen molar-refractivity contribution in [3.63, 3.8) is 0 Å². The van der Waals surface area contributed by atoms with E-state index in [9.17, 15) is 4.79 Å². The summed E-state index contributed by atoms with van der Waals surface area (Å²) in [6, 6.07) is 3.85. The Morgan fingerprint density at radius 3 is 2.84 bits per heavy atom. The smallest absolute Gasteiger partial charge is 0.172 e. The minimum atomic E-state index is 0.516. The van der Waals surface area contributed by atoms with Crippen LogP contribution in [0.2, 0.25) is 0 Å². The van der Waals surface area contributed by atoms with E-state index in [0.29, 0.717) is 30.4 Å². The first-order valence-corrected chi connectivity index (χ1v) is 6.96. The Balaban J connectivity index is 1.86. The molecule has 0 radical (unpaired) electrons. The van der Waals surface area contributed by atoms with Crippen molar-refractivity contribution >= 4 is 6.29 Å². The van der Waals surface area contributed by atoms with Crippen LogP contribution in [0.25, 0.3) is 0 Å². The molecule has 1 saturated heterocycles. The Bertz CT molecular complexity index is 467. The van der Waals surface area contributed by atoms with Crippen molar-refractivity contribution in [2.24, 2.45) is 5.92 Å². The summed E-state index contributed by atoms with van der Waals surface area (Å²) in [7, 11) is 0. The second-order valence-corrected chi connectivity index (χ2v) is 5.20. The zero-order valence-electron chi connectivity index (χ0n) is 11.0. The van der Waals surface area contributed by atoms with Gasteiger partial charge in [-0.25, -0.2) is 0 Å². The van der Waals surface area contributed by atoms with E-state index in [0.717, 1.165) is 37.1 Å². The van der Waals surface area contributed by atoms with Crippen LogP contribution in [-0.4, -0.2) is 32.6 Å².